The number of rotatable bonds is 6. The van der Waals surface area contributed by atoms with Crippen LogP contribution in [0.3, 0.4) is 0 Å². The first-order chi connectivity index (χ1) is 16.6. The summed E-state index contributed by atoms with van der Waals surface area (Å²) in [6.45, 7) is 0.412. The number of aromatic nitrogens is 1. The molecule has 0 atom stereocenters. The van der Waals surface area contributed by atoms with Gasteiger partial charge < -0.3 is 9.84 Å². The fourth-order valence-electron chi connectivity index (χ4n) is 4.40. The Morgan fingerprint density at radius 2 is 1.47 bits per heavy atom. The predicted molar refractivity (Wildman–Crippen MR) is 129 cm³/mol. The summed E-state index contributed by atoms with van der Waals surface area (Å²) < 4.78 is 5.85. The van der Waals surface area contributed by atoms with Crippen molar-refractivity contribution in [3.8, 4) is 11.1 Å². The maximum absolute atomic E-state index is 13.3. The molecule has 1 heterocycles. The first-order valence-corrected chi connectivity index (χ1v) is 11.0. The molecule has 168 valence electrons. The molecule has 3 aromatic carbocycles. The number of carboxylic acids is 1. The van der Waals surface area contributed by atoms with E-state index in [9.17, 15) is 14.7 Å². The van der Waals surface area contributed by atoms with Crippen molar-refractivity contribution in [3.63, 3.8) is 0 Å². The predicted octanol–water partition coefficient (Wildman–Crippen LogP) is 5.74. The summed E-state index contributed by atoms with van der Waals surface area (Å²) in [6, 6.07) is 28.8. The minimum absolute atomic E-state index is 0.0676. The second kappa shape index (κ2) is 9.19. The fraction of sp³-hybridized carbons (Fsp3) is 0.107. The molecule has 1 aromatic heterocycles. The Labute approximate surface area is 197 Å². The van der Waals surface area contributed by atoms with Gasteiger partial charge in [0, 0.05) is 12.1 Å². The van der Waals surface area contributed by atoms with E-state index in [4.69, 9.17) is 4.74 Å². The molecule has 0 saturated carbocycles. The lowest BCUT2D eigenvalue weighted by Gasteiger charge is -2.24. The molecule has 0 radical (unpaired) electrons. The zero-order valence-corrected chi connectivity index (χ0v) is 18.3. The number of aromatic carboxylic acids is 1. The van der Waals surface area contributed by atoms with Crippen LogP contribution in [0.5, 0.6) is 0 Å². The Morgan fingerprint density at radius 3 is 2.12 bits per heavy atom. The zero-order valence-electron chi connectivity index (χ0n) is 18.3. The third-order valence-electron chi connectivity index (χ3n) is 6.01. The molecule has 6 heteroatoms. The van der Waals surface area contributed by atoms with Gasteiger partial charge in [-0.25, -0.2) is 14.6 Å². The second-order valence-electron chi connectivity index (χ2n) is 8.08. The number of hydrogen-bond donors (Lipinski definition) is 1. The monoisotopic (exact) mass is 450 g/mol. The van der Waals surface area contributed by atoms with E-state index >= 15 is 0 Å². The number of hydrogen-bond acceptors (Lipinski definition) is 4. The van der Waals surface area contributed by atoms with Crippen molar-refractivity contribution in [1.29, 1.82) is 0 Å². The van der Waals surface area contributed by atoms with Crippen LogP contribution in [-0.4, -0.2) is 28.8 Å². The molecule has 6 nitrogen and oxygen atoms in total. The molecular weight excluding hydrogens is 428 g/mol. The van der Waals surface area contributed by atoms with E-state index in [0.29, 0.717) is 5.69 Å². The molecule has 0 spiro atoms. The van der Waals surface area contributed by atoms with Crippen molar-refractivity contribution < 1.29 is 19.4 Å². The molecule has 4 aromatic rings. The highest BCUT2D eigenvalue weighted by molar-refractivity contribution is 5.91. The smallest absolute Gasteiger partial charge is 0.414 e. The maximum atomic E-state index is 13.3. The summed E-state index contributed by atoms with van der Waals surface area (Å²) in [5.74, 6) is -1.23. The van der Waals surface area contributed by atoms with Gasteiger partial charge in [-0.2, -0.15) is 0 Å². The Bertz CT molecular complexity index is 1310. The van der Waals surface area contributed by atoms with Crippen molar-refractivity contribution >= 4 is 17.7 Å². The molecule has 0 unspecified atom stereocenters. The number of benzene rings is 3. The number of pyridine rings is 1. The highest BCUT2D eigenvalue weighted by Gasteiger charge is 2.30. The molecule has 0 saturated heterocycles. The SMILES string of the molecule is O=C(O)c1cc(N(Cc2ccccc2)C(=O)OCC2c3ccccc3-c3ccccc32)ccn1. The van der Waals surface area contributed by atoms with Crippen LogP contribution in [-0.2, 0) is 11.3 Å². The lowest BCUT2D eigenvalue weighted by Crippen LogP contribution is -2.32. The minimum Gasteiger partial charge on any atom is -0.477 e. The Morgan fingerprint density at radius 1 is 0.853 bits per heavy atom. The van der Waals surface area contributed by atoms with Crippen LogP contribution in [0.1, 0.15) is 33.1 Å². The van der Waals surface area contributed by atoms with E-state index in [-0.39, 0.29) is 24.8 Å². The fourth-order valence-corrected chi connectivity index (χ4v) is 4.40. The van der Waals surface area contributed by atoms with Gasteiger partial charge in [-0.05, 0) is 39.9 Å². The second-order valence-corrected chi connectivity index (χ2v) is 8.08. The molecule has 1 aliphatic carbocycles. The van der Waals surface area contributed by atoms with Crippen molar-refractivity contribution in [1.82, 2.24) is 4.98 Å². The number of ether oxygens (including phenoxy) is 1. The van der Waals surface area contributed by atoms with Crippen LogP contribution in [0, 0.1) is 0 Å². The topological polar surface area (TPSA) is 79.7 Å². The molecule has 1 N–H and O–H groups in total. The number of carboxylic acid groups (broad SMARTS) is 1. The molecule has 5 rings (SSSR count). The number of anilines is 1. The largest absolute Gasteiger partial charge is 0.477 e. The number of carbonyl (C=O) groups is 2. The van der Waals surface area contributed by atoms with Gasteiger partial charge in [-0.3, -0.25) is 4.90 Å². The number of carbonyl (C=O) groups excluding carboxylic acids is 1. The standard InChI is InChI=1S/C28H22N2O4/c31-27(32)26-16-20(14-15-29-26)30(17-19-8-2-1-3-9-19)28(33)34-18-25-23-12-6-4-10-21(23)22-11-5-7-13-24(22)25/h1-16,25H,17-18H2,(H,31,32). The normalized spacial score (nSPS) is 12.0. The summed E-state index contributed by atoms with van der Waals surface area (Å²) in [4.78, 5) is 30.1. The van der Waals surface area contributed by atoms with Gasteiger partial charge in [0.25, 0.3) is 0 Å². The summed E-state index contributed by atoms with van der Waals surface area (Å²) in [6.07, 6.45) is 0.835. The zero-order chi connectivity index (χ0) is 23.5. The number of fused-ring (bicyclic) bond motifs is 3. The van der Waals surface area contributed by atoms with Crippen LogP contribution in [0.15, 0.2) is 97.2 Å². The van der Waals surface area contributed by atoms with Crippen molar-refractivity contribution in [2.45, 2.75) is 12.5 Å². The van der Waals surface area contributed by atoms with Crippen LogP contribution < -0.4 is 4.90 Å². The molecule has 0 bridgehead atoms. The van der Waals surface area contributed by atoms with Crippen LogP contribution >= 0.6 is 0 Å². The van der Waals surface area contributed by atoms with Crippen molar-refractivity contribution in [2.24, 2.45) is 0 Å². The molecule has 0 fully saturated rings. The third-order valence-corrected chi connectivity index (χ3v) is 6.01. The van der Waals surface area contributed by atoms with Gasteiger partial charge in [0.1, 0.15) is 12.3 Å². The Kier molecular flexibility index (Phi) is 5.79. The van der Waals surface area contributed by atoms with Crippen molar-refractivity contribution in [3.05, 3.63) is 120 Å². The minimum atomic E-state index is -1.16. The highest BCUT2D eigenvalue weighted by Crippen LogP contribution is 2.44. The van der Waals surface area contributed by atoms with Crippen LogP contribution in [0.25, 0.3) is 11.1 Å². The molecule has 34 heavy (non-hydrogen) atoms. The average Bonchev–Trinajstić information content (AvgIpc) is 3.20. The van der Waals surface area contributed by atoms with Gasteiger partial charge in [-0.15, -0.1) is 0 Å². The van der Waals surface area contributed by atoms with Crippen LogP contribution in [0.2, 0.25) is 0 Å². The Hall–Kier alpha value is -4.45. The van der Waals surface area contributed by atoms with E-state index in [2.05, 4.69) is 29.2 Å². The summed E-state index contributed by atoms with van der Waals surface area (Å²) in [5, 5.41) is 9.36. The van der Waals surface area contributed by atoms with Gasteiger partial charge in [-0.1, -0.05) is 78.9 Å². The third kappa shape index (κ3) is 4.13. The van der Waals surface area contributed by atoms with E-state index in [1.54, 1.807) is 6.07 Å². The van der Waals surface area contributed by atoms with E-state index in [1.807, 2.05) is 54.6 Å². The Balaban J connectivity index is 1.42. The number of nitrogens with zero attached hydrogens (tertiary/aromatic N) is 2. The van der Waals surface area contributed by atoms with Gasteiger partial charge >= 0.3 is 12.1 Å². The van der Waals surface area contributed by atoms with Crippen LogP contribution in [0.4, 0.5) is 10.5 Å². The lowest BCUT2D eigenvalue weighted by atomic mass is 9.98. The van der Waals surface area contributed by atoms with Crippen molar-refractivity contribution in [2.75, 3.05) is 11.5 Å². The highest BCUT2D eigenvalue weighted by atomic mass is 16.6. The van der Waals surface area contributed by atoms with E-state index in [1.165, 1.54) is 17.2 Å². The van der Waals surface area contributed by atoms with Gasteiger partial charge in [0.2, 0.25) is 0 Å². The number of amides is 1. The average molecular weight is 450 g/mol. The van der Waals surface area contributed by atoms with Gasteiger partial charge in [0.15, 0.2) is 0 Å². The molecule has 1 amide bonds. The molecule has 0 aliphatic heterocycles. The maximum Gasteiger partial charge on any atom is 0.414 e. The quantitative estimate of drug-likeness (QED) is 0.405. The van der Waals surface area contributed by atoms with E-state index in [0.717, 1.165) is 27.8 Å². The summed E-state index contributed by atoms with van der Waals surface area (Å²) in [7, 11) is 0. The molecular formula is C28H22N2O4. The summed E-state index contributed by atoms with van der Waals surface area (Å²) in [5.41, 5.74) is 5.73. The molecule has 1 aliphatic rings. The first kappa shape index (κ1) is 21.4. The van der Waals surface area contributed by atoms with E-state index < -0.39 is 12.1 Å². The van der Waals surface area contributed by atoms with Gasteiger partial charge in [0.05, 0.1) is 12.2 Å². The first-order valence-electron chi connectivity index (χ1n) is 11.0. The lowest BCUT2D eigenvalue weighted by molar-refractivity contribution is 0.0690. The summed E-state index contributed by atoms with van der Waals surface area (Å²) >= 11 is 0.